The quantitative estimate of drug-likeness (QED) is 0.450. The number of nitrogens with one attached hydrogen (secondary N) is 2. The fourth-order valence-corrected chi connectivity index (χ4v) is 4.41. The average molecular weight is 468 g/mol. The van der Waals surface area contributed by atoms with Gasteiger partial charge in [0, 0.05) is 35.7 Å². The highest BCUT2D eigenvalue weighted by Gasteiger charge is 2.38. The number of rotatable bonds is 6. The van der Waals surface area contributed by atoms with Gasteiger partial charge >= 0.3 is 6.18 Å². The maximum atomic E-state index is 12.8. The van der Waals surface area contributed by atoms with Gasteiger partial charge in [0.25, 0.3) is 5.91 Å². The molecule has 3 rings (SSSR count). The van der Waals surface area contributed by atoms with Crippen LogP contribution in [-0.4, -0.2) is 54.4 Å². The van der Waals surface area contributed by atoms with Crippen molar-refractivity contribution in [3.05, 3.63) is 34.8 Å². The first-order chi connectivity index (χ1) is 15.6. The van der Waals surface area contributed by atoms with Crippen molar-refractivity contribution in [3.63, 3.8) is 0 Å². The summed E-state index contributed by atoms with van der Waals surface area (Å²) in [4.78, 5) is 21.4. The van der Waals surface area contributed by atoms with E-state index in [1.165, 1.54) is 6.08 Å². The molecule has 0 bridgehead atoms. The van der Waals surface area contributed by atoms with E-state index in [4.69, 9.17) is 10.7 Å². The predicted molar refractivity (Wildman–Crippen MR) is 122 cm³/mol. The van der Waals surface area contributed by atoms with Crippen LogP contribution in [0.25, 0.3) is 0 Å². The summed E-state index contributed by atoms with van der Waals surface area (Å²) in [6.07, 6.45) is 2.86. The van der Waals surface area contributed by atoms with E-state index >= 15 is 0 Å². The number of aliphatic hydroxyl groups excluding tert-OH is 1. The summed E-state index contributed by atoms with van der Waals surface area (Å²) in [6.45, 7) is 4.01. The number of carbonyl (C=O) groups excluding carboxylic acids is 1. The third kappa shape index (κ3) is 6.54. The molecule has 1 aliphatic carbocycles. The molecule has 0 saturated heterocycles. The van der Waals surface area contributed by atoms with Crippen LogP contribution < -0.4 is 16.4 Å². The zero-order valence-electron chi connectivity index (χ0n) is 19.0. The molecule has 2 unspecified atom stereocenters. The first kappa shape index (κ1) is 25.2. The van der Waals surface area contributed by atoms with Crippen molar-refractivity contribution in [1.82, 2.24) is 10.6 Å². The molecule has 1 fully saturated rings. The van der Waals surface area contributed by atoms with Gasteiger partial charge in [-0.1, -0.05) is 6.08 Å². The Hall–Kier alpha value is -2.46. The second-order valence-corrected chi connectivity index (χ2v) is 8.85. The fraction of sp³-hybridized carbons (Fsp3) is 0.609. The molecule has 3 aliphatic rings. The van der Waals surface area contributed by atoms with E-state index in [9.17, 15) is 23.1 Å². The molecule has 0 radical (unpaired) electrons. The number of allylic oxidation sites excluding steroid dienone is 3. The summed E-state index contributed by atoms with van der Waals surface area (Å²) in [5, 5.41) is 15.5. The molecule has 1 saturated carbocycles. The van der Waals surface area contributed by atoms with Gasteiger partial charge in [-0.3, -0.25) is 9.79 Å². The summed E-state index contributed by atoms with van der Waals surface area (Å²) in [5.41, 5.74) is 8.61. The molecule has 7 nitrogen and oxygen atoms in total. The number of nitrogens with two attached hydrogens (primary N) is 1. The van der Waals surface area contributed by atoms with E-state index in [-0.39, 0.29) is 36.8 Å². The summed E-state index contributed by atoms with van der Waals surface area (Å²) in [7, 11) is 0. The first-order valence-electron chi connectivity index (χ1n) is 11.3. The van der Waals surface area contributed by atoms with Gasteiger partial charge in [-0.25, -0.2) is 4.99 Å². The molecular formula is C23H32F3N5O2. The van der Waals surface area contributed by atoms with Crippen LogP contribution in [0.2, 0.25) is 0 Å². The van der Waals surface area contributed by atoms with E-state index in [1.807, 2.05) is 13.0 Å². The minimum Gasteiger partial charge on any atom is -0.393 e. The Morgan fingerprint density at radius 3 is 2.52 bits per heavy atom. The summed E-state index contributed by atoms with van der Waals surface area (Å²) in [5.74, 6) is -1.36. The standard InChI is InChI=1S/C23H32F3N5O2/c1-13-9-17(12-29-21(13)15-3-6-18(32)7-4-15)31-22(33)19(10-27)14(2)30-20-8-5-16(11-28-20)23(24,25)26/h8-9,11,15-18,30,32H,3-7,10,12,27H2,1-2H3,(H,31,33)/b19-14+. The molecule has 182 valence electrons. The second-order valence-electron chi connectivity index (χ2n) is 8.85. The lowest BCUT2D eigenvalue weighted by atomic mass is 9.81. The lowest BCUT2D eigenvalue weighted by Crippen LogP contribution is -2.41. The molecule has 33 heavy (non-hydrogen) atoms. The van der Waals surface area contributed by atoms with E-state index in [0.717, 1.165) is 43.2 Å². The molecule has 2 aliphatic heterocycles. The molecular weight excluding hydrogens is 435 g/mol. The second kappa shape index (κ2) is 10.6. The van der Waals surface area contributed by atoms with Gasteiger partial charge in [0.2, 0.25) is 0 Å². The number of amides is 1. The number of hydrogen-bond acceptors (Lipinski definition) is 6. The highest BCUT2D eigenvalue weighted by atomic mass is 19.4. The number of aliphatic hydroxyl groups is 1. The van der Waals surface area contributed by atoms with Crippen molar-refractivity contribution >= 4 is 17.8 Å². The number of carbonyl (C=O) groups is 1. The molecule has 2 heterocycles. The first-order valence-corrected chi connectivity index (χ1v) is 11.3. The Morgan fingerprint density at radius 1 is 1.27 bits per heavy atom. The van der Waals surface area contributed by atoms with E-state index in [2.05, 4.69) is 15.6 Å². The van der Waals surface area contributed by atoms with Crippen LogP contribution in [0.3, 0.4) is 0 Å². The average Bonchev–Trinajstić information content (AvgIpc) is 2.75. The topological polar surface area (TPSA) is 112 Å². The molecule has 0 aromatic rings. The van der Waals surface area contributed by atoms with E-state index < -0.39 is 12.1 Å². The minimum absolute atomic E-state index is 0.0405. The highest BCUT2D eigenvalue weighted by molar-refractivity contribution is 6.02. The van der Waals surface area contributed by atoms with Crippen molar-refractivity contribution in [1.29, 1.82) is 0 Å². The van der Waals surface area contributed by atoms with Crippen LogP contribution in [0.15, 0.2) is 44.8 Å². The molecule has 0 aromatic heterocycles. The Balaban J connectivity index is 1.59. The molecule has 10 heteroatoms. The Morgan fingerprint density at radius 2 is 1.97 bits per heavy atom. The van der Waals surface area contributed by atoms with Gasteiger partial charge in [0.05, 0.1) is 24.6 Å². The Bertz CT molecular complexity index is 896. The minimum atomic E-state index is -4.33. The van der Waals surface area contributed by atoms with Gasteiger partial charge in [0.15, 0.2) is 0 Å². The number of alkyl halides is 3. The van der Waals surface area contributed by atoms with Crippen LogP contribution in [0.4, 0.5) is 13.2 Å². The Labute approximate surface area is 191 Å². The van der Waals surface area contributed by atoms with Gasteiger partial charge < -0.3 is 21.5 Å². The SMILES string of the molecule is CC1=CC(NC(=O)/C(CN)=C(\C)NC2=CCC(C(F)(F)F)C=N2)CN=C1C1CCC(O)CC1. The molecule has 1 amide bonds. The summed E-state index contributed by atoms with van der Waals surface area (Å²) >= 11 is 0. The Kier molecular flexibility index (Phi) is 8.12. The van der Waals surface area contributed by atoms with Crippen LogP contribution in [0, 0.1) is 11.8 Å². The van der Waals surface area contributed by atoms with Crippen molar-refractivity contribution in [2.24, 2.45) is 27.6 Å². The monoisotopic (exact) mass is 467 g/mol. The van der Waals surface area contributed by atoms with Gasteiger partial charge in [-0.05, 0) is 57.6 Å². The zero-order chi connectivity index (χ0) is 24.2. The number of nitrogens with zero attached hydrogens (tertiary/aromatic N) is 2. The summed E-state index contributed by atoms with van der Waals surface area (Å²) in [6, 6.07) is -0.274. The summed E-state index contributed by atoms with van der Waals surface area (Å²) < 4.78 is 38.3. The number of halogens is 3. The van der Waals surface area contributed by atoms with Gasteiger partial charge in [0.1, 0.15) is 5.82 Å². The van der Waals surface area contributed by atoms with Crippen molar-refractivity contribution < 1.29 is 23.1 Å². The maximum Gasteiger partial charge on any atom is 0.396 e. The highest BCUT2D eigenvalue weighted by Crippen LogP contribution is 2.31. The predicted octanol–water partition coefficient (Wildman–Crippen LogP) is 2.74. The molecule has 0 aromatic carbocycles. The smallest absolute Gasteiger partial charge is 0.393 e. The van der Waals surface area contributed by atoms with E-state index in [1.54, 1.807) is 6.92 Å². The normalized spacial score (nSPS) is 28.9. The lowest BCUT2D eigenvalue weighted by Gasteiger charge is -2.30. The third-order valence-corrected chi connectivity index (χ3v) is 6.34. The maximum absolute atomic E-state index is 12.8. The van der Waals surface area contributed by atoms with E-state index in [0.29, 0.717) is 23.7 Å². The van der Waals surface area contributed by atoms with Crippen LogP contribution in [0.1, 0.15) is 46.0 Å². The molecule has 2 atom stereocenters. The number of dihydropyridines is 1. The molecule has 0 spiro atoms. The number of hydrogen-bond donors (Lipinski definition) is 4. The van der Waals surface area contributed by atoms with Crippen molar-refractivity contribution in [3.8, 4) is 0 Å². The third-order valence-electron chi connectivity index (χ3n) is 6.34. The lowest BCUT2D eigenvalue weighted by molar-refractivity contribution is -0.153. The number of aliphatic imine (C=N–C) groups is 2. The van der Waals surface area contributed by atoms with Crippen molar-refractivity contribution in [2.75, 3.05) is 13.1 Å². The van der Waals surface area contributed by atoms with Gasteiger partial charge in [-0.2, -0.15) is 13.2 Å². The van der Waals surface area contributed by atoms with Crippen molar-refractivity contribution in [2.45, 2.75) is 64.3 Å². The van der Waals surface area contributed by atoms with Crippen LogP contribution >= 0.6 is 0 Å². The molecule has 5 N–H and O–H groups in total. The van der Waals surface area contributed by atoms with Gasteiger partial charge in [-0.15, -0.1) is 0 Å². The van der Waals surface area contributed by atoms with Crippen LogP contribution in [-0.2, 0) is 4.79 Å². The fourth-order valence-electron chi connectivity index (χ4n) is 4.41. The largest absolute Gasteiger partial charge is 0.396 e. The zero-order valence-corrected chi connectivity index (χ0v) is 19.0. The van der Waals surface area contributed by atoms with Crippen LogP contribution in [0.5, 0.6) is 0 Å².